The van der Waals surface area contributed by atoms with Gasteiger partial charge in [-0.1, -0.05) is 20.8 Å². The number of methoxy groups -OCH3 is 2. The lowest BCUT2D eigenvalue weighted by Gasteiger charge is -2.17. The highest BCUT2D eigenvalue weighted by molar-refractivity contribution is 5.99. The Bertz CT molecular complexity index is 503. The first-order chi connectivity index (χ1) is 9.29. The van der Waals surface area contributed by atoms with Gasteiger partial charge in [0.05, 0.1) is 26.3 Å². The third-order valence-corrected chi connectivity index (χ3v) is 2.90. The summed E-state index contributed by atoms with van der Waals surface area (Å²) in [5.41, 5.74) is -0.139. The van der Waals surface area contributed by atoms with E-state index in [2.05, 4.69) is 5.32 Å². The van der Waals surface area contributed by atoms with E-state index in [4.69, 9.17) is 9.47 Å². The number of amides is 1. The minimum absolute atomic E-state index is 0.0112. The van der Waals surface area contributed by atoms with Gasteiger partial charge < -0.3 is 14.8 Å². The largest absolute Gasteiger partial charge is 0.497 e. The van der Waals surface area contributed by atoms with E-state index in [-0.39, 0.29) is 18.2 Å². The lowest BCUT2D eigenvalue weighted by molar-refractivity contribution is -0.125. The molecule has 1 aromatic rings. The molecule has 1 N–H and O–H groups in total. The zero-order valence-electron chi connectivity index (χ0n) is 12.6. The molecule has 1 aromatic carbocycles. The van der Waals surface area contributed by atoms with Gasteiger partial charge in [0.15, 0.2) is 5.78 Å². The van der Waals surface area contributed by atoms with E-state index in [1.165, 1.54) is 14.2 Å². The second kappa shape index (κ2) is 6.41. The Morgan fingerprint density at radius 3 is 2.30 bits per heavy atom. The molecule has 0 aliphatic heterocycles. The SMILES string of the molecule is COc1ccc(OC)c(C(=O)NCC(=O)C(C)(C)C)c1. The van der Waals surface area contributed by atoms with Gasteiger partial charge in [0.1, 0.15) is 11.5 Å². The van der Waals surface area contributed by atoms with Crippen LogP contribution in [0.2, 0.25) is 0 Å². The summed E-state index contributed by atoms with van der Waals surface area (Å²) < 4.78 is 10.2. The van der Waals surface area contributed by atoms with Crippen LogP contribution in [0.5, 0.6) is 11.5 Å². The lowest BCUT2D eigenvalue weighted by atomic mass is 9.91. The maximum Gasteiger partial charge on any atom is 0.255 e. The number of benzene rings is 1. The minimum atomic E-state index is -0.480. The van der Waals surface area contributed by atoms with Crippen LogP contribution in [0.1, 0.15) is 31.1 Å². The molecule has 0 heterocycles. The van der Waals surface area contributed by atoms with Gasteiger partial charge in [0.2, 0.25) is 0 Å². The quantitative estimate of drug-likeness (QED) is 0.896. The van der Waals surface area contributed by atoms with Crippen LogP contribution in [-0.4, -0.2) is 32.5 Å². The summed E-state index contributed by atoms with van der Waals surface area (Å²) in [6.07, 6.45) is 0. The Labute approximate surface area is 119 Å². The average molecular weight is 279 g/mol. The van der Waals surface area contributed by atoms with Crippen molar-refractivity contribution in [2.75, 3.05) is 20.8 Å². The third kappa shape index (κ3) is 3.98. The predicted octanol–water partition coefficient (Wildman–Crippen LogP) is 2.05. The molecule has 1 amide bonds. The first-order valence-electron chi connectivity index (χ1n) is 6.33. The van der Waals surface area contributed by atoms with Crippen LogP contribution in [-0.2, 0) is 4.79 Å². The van der Waals surface area contributed by atoms with E-state index >= 15 is 0 Å². The lowest BCUT2D eigenvalue weighted by Crippen LogP contribution is -2.35. The molecule has 0 radical (unpaired) electrons. The van der Waals surface area contributed by atoms with Gasteiger partial charge in [0, 0.05) is 5.41 Å². The Morgan fingerprint density at radius 2 is 1.80 bits per heavy atom. The van der Waals surface area contributed by atoms with Gasteiger partial charge in [-0.25, -0.2) is 0 Å². The van der Waals surface area contributed by atoms with Crippen LogP contribution in [0.3, 0.4) is 0 Å². The van der Waals surface area contributed by atoms with Crippen LogP contribution in [0.25, 0.3) is 0 Å². The summed E-state index contributed by atoms with van der Waals surface area (Å²) in [6.45, 7) is 5.43. The van der Waals surface area contributed by atoms with Crippen molar-refractivity contribution >= 4 is 11.7 Å². The predicted molar refractivity (Wildman–Crippen MR) is 76.3 cm³/mol. The minimum Gasteiger partial charge on any atom is -0.497 e. The molecule has 0 spiro atoms. The van der Waals surface area contributed by atoms with Gasteiger partial charge in [-0.15, -0.1) is 0 Å². The van der Waals surface area contributed by atoms with Crippen molar-refractivity contribution in [3.8, 4) is 11.5 Å². The molecule has 0 saturated carbocycles. The molecule has 0 unspecified atom stereocenters. The summed E-state index contributed by atoms with van der Waals surface area (Å²) in [5.74, 6) is 0.593. The summed E-state index contributed by atoms with van der Waals surface area (Å²) >= 11 is 0. The third-order valence-electron chi connectivity index (χ3n) is 2.90. The molecule has 0 fully saturated rings. The second-order valence-corrected chi connectivity index (χ2v) is 5.42. The molecule has 5 heteroatoms. The van der Waals surface area contributed by atoms with Crippen molar-refractivity contribution in [3.05, 3.63) is 23.8 Å². The standard InChI is InChI=1S/C15H21NO4/c1-15(2,3)13(17)9-16-14(18)11-8-10(19-4)6-7-12(11)20-5/h6-8H,9H2,1-5H3,(H,16,18). The van der Waals surface area contributed by atoms with Crippen LogP contribution in [0, 0.1) is 5.41 Å². The number of carbonyl (C=O) groups excluding carboxylic acids is 2. The summed E-state index contributed by atoms with van der Waals surface area (Å²) in [5, 5.41) is 2.61. The number of ketones is 1. The van der Waals surface area contributed by atoms with E-state index in [9.17, 15) is 9.59 Å². The highest BCUT2D eigenvalue weighted by Gasteiger charge is 2.22. The van der Waals surface area contributed by atoms with Crippen molar-refractivity contribution in [1.29, 1.82) is 0 Å². The highest BCUT2D eigenvalue weighted by Crippen LogP contribution is 2.23. The molecule has 0 aliphatic carbocycles. The highest BCUT2D eigenvalue weighted by atomic mass is 16.5. The number of ether oxygens (including phenoxy) is 2. The van der Waals surface area contributed by atoms with E-state index in [0.29, 0.717) is 17.1 Å². The number of rotatable bonds is 5. The van der Waals surface area contributed by atoms with Crippen LogP contribution >= 0.6 is 0 Å². The van der Waals surface area contributed by atoms with Crippen LogP contribution in [0.4, 0.5) is 0 Å². The molecular formula is C15H21NO4. The van der Waals surface area contributed by atoms with Crippen LogP contribution < -0.4 is 14.8 Å². The fourth-order valence-electron chi connectivity index (χ4n) is 1.51. The number of carbonyl (C=O) groups is 2. The number of nitrogens with one attached hydrogen (secondary N) is 1. The first-order valence-corrected chi connectivity index (χ1v) is 6.33. The molecular weight excluding hydrogens is 258 g/mol. The van der Waals surface area contributed by atoms with E-state index in [0.717, 1.165) is 0 Å². The van der Waals surface area contributed by atoms with Crippen molar-refractivity contribution in [3.63, 3.8) is 0 Å². The summed E-state index contributed by atoms with van der Waals surface area (Å²) in [4.78, 5) is 23.9. The zero-order valence-corrected chi connectivity index (χ0v) is 12.6. The van der Waals surface area contributed by atoms with E-state index in [1.54, 1.807) is 18.2 Å². The molecule has 0 atom stereocenters. The maximum absolute atomic E-state index is 12.1. The molecule has 0 saturated heterocycles. The van der Waals surface area contributed by atoms with Crippen molar-refractivity contribution in [2.24, 2.45) is 5.41 Å². The van der Waals surface area contributed by atoms with Gasteiger partial charge in [-0.2, -0.15) is 0 Å². The Balaban J connectivity index is 2.84. The molecule has 0 aromatic heterocycles. The molecule has 20 heavy (non-hydrogen) atoms. The Kier molecular flexibility index (Phi) is 5.13. The fraction of sp³-hybridized carbons (Fsp3) is 0.467. The molecule has 110 valence electrons. The maximum atomic E-state index is 12.1. The van der Waals surface area contributed by atoms with Gasteiger partial charge in [0.25, 0.3) is 5.91 Å². The van der Waals surface area contributed by atoms with Crippen LogP contribution in [0.15, 0.2) is 18.2 Å². The number of hydrogen-bond acceptors (Lipinski definition) is 4. The van der Waals surface area contributed by atoms with Crippen molar-refractivity contribution < 1.29 is 19.1 Å². The average Bonchev–Trinajstić information content (AvgIpc) is 2.42. The van der Waals surface area contributed by atoms with Crippen molar-refractivity contribution in [2.45, 2.75) is 20.8 Å². The smallest absolute Gasteiger partial charge is 0.255 e. The molecule has 1 rings (SSSR count). The van der Waals surface area contributed by atoms with E-state index in [1.807, 2.05) is 20.8 Å². The fourth-order valence-corrected chi connectivity index (χ4v) is 1.51. The topological polar surface area (TPSA) is 64.6 Å². The second-order valence-electron chi connectivity index (χ2n) is 5.42. The zero-order chi connectivity index (χ0) is 15.3. The number of hydrogen-bond donors (Lipinski definition) is 1. The van der Waals surface area contributed by atoms with Crippen molar-refractivity contribution in [1.82, 2.24) is 5.32 Å². The van der Waals surface area contributed by atoms with Gasteiger partial charge >= 0.3 is 0 Å². The van der Waals surface area contributed by atoms with Gasteiger partial charge in [-0.05, 0) is 18.2 Å². The summed E-state index contributed by atoms with van der Waals surface area (Å²) in [6, 6.07) is 4.94. The summed E-state index contributed by atoms with van der Waals surface area (Å²) in [7, 11) is 3.01. The first kappa shape index (κ1) is 16.0. The number of Topliss-reactive ketones (excluding diaryl/α,β-unsaturated/α-hetero) is 1. The van der Waals surface area contributed by atoms with E-state index < -0.39 is 5.41 Å². The normalized spacial score (nSPS) is 10.8. The Hall–Kier alpha value is -2.04. The molecule has 5 nitrogen and oxygen atoms in total. The monoisotopic (exact) mass is 279 g/mol. The Morgan fingerprint density at radius 1 is 1.15 bits per heavy atom. The molecule has 0 aliphatic rings. The van der Waals surface area contributed by atoms with Gasteiger partial charge in [-0.3, -0.25) is 9.59 Å². The molecule has 0 bridgehead atoms.